The van der Waals surface area contributed by atoms with Crippen molar-refractivity contribution >= 4 is 12.0 Å². The van der Waals surface area contributed by atoms with Gasteiger partial charge in [0.05, 0.1) is 5.92 Å². The van der Waals surface area contributed by atoms with Gasteiger partial charge < -0.3 is 15.3 Å². The summed E-state index contributed by atoms with van der Waals surface area (Å²) >= 11 is 0. The summed E-state index contributed by atoms with van der Waals surface area (Å²) in [6.45, 7) is 0.823. The monoisotopic (exact) mass is 298 g/mol. The molecule has 114 valence electrons. The van der Waals surface area contributed by atoms with E-state index in [0.29, 0.717) is 24.9 Å². The van der Waals surface area contributed by atoms with Gasteiger partial charge in [0.1, 0.15) is 11.6 Å². The number of aliphatic carboxylic acids is 1. The highest BCUT2D eigenvalue weighted by molar-refractivity contribution is 5.77. The second-order valence-corrected chi connectivity index (χ2v) is 5.03. The Kier molecular flexibility index (Phi) is 4.72. The minimum atomic E-state index is -0.902. The van der Waals surface area contributed by atoms with Crippen molar-refractivity contribution in [1.82, 2.24) is 10.2 Å². The summed E-state index contributed by atoms with van der Waals surface area (Å²) in [6.07, 6.45) is 0.745. The van der Waals surface area contributed by atoms with Gasteiger partial charge in [-0.3, -0.25) is 4.79 Å². The van der Waals surface area contributed by atoms with E-state index in [2.05, 4.69) is 5.32 Å². The number of benzene rings is 1. The zero-order valence-corrected chi connectivity index (χ0v) is 11.3. The second-order valence-electron chi connectivity index (χ2n) is 5.03. The van der Waals surface area contributed by atoms with Crippen LogP contribution in [0.25, 0.3) is 0 Å². The van der Waals surface area contributed by atoms with Crippen LogP contribution in [0, 0.1) is 17.6 Å². The van der Waals surface area contributed by atoms with Crippen molar-refractivity contribution in [3.8, 4) is 0 Å². The molecular formula is C14H16F2N2O3. The van der Waals surface area contributed by atoms with Gasteiger partial charge in [0.2, 0.25) is 0 Å². The van der Waals surface area contributed by atoms with Crippen LogP contribution < -0.4 is 5.32 Å². The molecule has 1 heterocycles. The lowest BCUT2D eigenvalue weighted by atomic mass is 10.1. The van der Waals surface area contributed by atoms with E-state index in [-0.39, 0.29) is 19.1 Å². The first-order valence-corrected chi connectivity index (χ1v) is 6.66. The smallest absolute Gasteiger partial charge is 0.317 e. The number of carbonyl (C=O) groups excluding carboxylic acids is 1. The normalized spacial score (nSPS) is 17.8. The molecule has 0 aromatic heterocycles. The molecule has 1 aromatic rings. The van der Waals surface area contributed by atoms with Crippen LogP contribution in [0.1, 0.15) is 12.0 Å². The topological polar surface area (TPSA) is 69.6 Å². The van der Waals surface area contributed by atoms with Crippen molar-refractivity contribution in [2.24, 2.45) is 5.92 Å². The number of nitrogens with one attached hydrogen (secondary N) is 1. The van der Waals surface area contributed by atoms with Crippen LogP contribution >= 0.6 is 0 Å². The van der Waals surface area contributed by atoms with Gasteiger partial charge in [0.15, 0.2) is 0 Å². The Hall–Kier alpha value is -2.18. The van der Waals surface area contributed by atoms with Crippen LogP contribution in [0.4, 0.5) is 13.6 Å². The predicted molar refractivity (Wildman–Crippen MR) is 70.8 cm³/mol. The maximum Gasteiger partial charge on any atom is 0.317 e. The summed E-state index contributed by atoms with van der Waals surface area (Å²) in [7, 11) is 0. The Bertz CT molecular complexity index is 531. The van der Waals surface area contributed by atoms with E-state index in [1.807, 2.05) is 0 Å². The molecule has 1 aromatic carbocycles. The summed E-state index contributed by atoms with van der Waals surface area (Å²) in [6, 6.07) is 2.87. The molecule has 1 aliphatic heterocycles. The summed E-state index contributed by atoms with van der Waals surface area (Å²) in [5.41, 5.74) is 0.456. The number of carboxylic acids is 1. The van der Waals surface area contributed by atoms with Crippen LogP contribution in [0.2, 0.25) is 0 Å². The second kappa shape index (κ2) is 6.51. The first kappa shape index (κ1) is 15.2. The molecule has 7 heteroatoms. The number of urea groups is 1. The number of halogens is 2. The Morgan fingerprint density at radius 1 is 1.29 bits per heavy atom. The molecule has 2 rings (SSSR count). The van der Waals surface area contributed by atoms with E-state index in [4.69, 9.17) is 5.11 Å². The largest absolute Gasteiger partial charge is 0.481 e. The number of amides is 2. The number of hydrogen-bond donors (Lipinski definition) is 2. The molecule has 2 amide bonds. The third-order valence-corrected chi connectivity index (χ3v) is 3.44. The third-order valence-electron chi connectivity index (χ3n) is 3.44. The van der Waals surface area contributed by atoms with E-state index in [1.54, 1.807) is 0 Å². The molecule has 5 nitrogen and oxygen atoms in total. The summed E-state index contributed by atoms with van der Waals surface area (Å²) in [4.78, 5) is 24.0. The average Bonchev–Trinajstić information content (AvgIpc) is 2.87. The fourth-order valence-corrected chi connectivity index (χ4v) is 2.33. The van der Waals surface area contributed by atoms with E-state index >= 15 is 0 Å². The fourth-order valence-electron chi connectivity index (χ4n) is 2.33. The number of hydrogen-bond acceptors (Lipinski definition) is 2. The quantitative estimate of drug-likeness (QED) is 0.887. The van der Waals surface area contributed by atoms with Crippen LogP contribution in [0.3, 0.4) is 0 Å². The highest BCUT2D eigenvalue weighted by Gasteiger charge is 2.30. The highest BCUT2D eigenvalue weighted by atomic mass is 19.1. The van der Waals surface area contributed by atoms with Gasteiger partial charge in [-0.05, 0) is 30.5 Å². The van der Waals surface area contributed by atoms with E-state index in [0.717, 1.165) is 6.07 Å². The SMILES string of the molecule is O=C(O)C1CCN(C(=O)NCCc2cc(F)cc(F)c2)C1. The molecule has 21 heavy (non-hydrogen) atoms. The van der Waals surface area contributed by atoms with Crippen molar-refractivity contribution in [3.05, 3.63) is 35.4 Å². The summed E-state index contributed by atoms with van der Waals surface area (Å²) in [5.74, 6) is -2.73. The molecule has 0 bridgehead atoms. The molecule has 2 N–H and O–H groups in total. The summed E-state index contributed by atoms with van der Waals surface area (Å²) in [5, 5.41) is 11.5. The zero-order chi connectivity index (χ0) is 15.4. The molecule has 1 saturated heterocycles. The van der Waals surface area contributed by atoms with Crippen LogP contribution in [-0.2, 0) is 11.2 Å². The third kappa shape index (κ3) is 4.14. The van der Waals surface area contributed by atoms with Gasteiger partial charge in [0.25, 0.3) is 0 Å². The zero-order valence-electron chi connectivity index (χ0n) is 11.3. The molecule has 1 unspecified atom stereocenters. The number of rotatable bonds is 4. The lowest BCUT2D eigenvalue weighted by Gasteiger charge is -2.16. The van der Waals surface area contributed by atoms with Crippen molar-refractivity contribution in [3.63, 3.8) is 0 Å². The molecule has 1 aliphatic rings. The number of carbonyl (C=O) groups is 2. The molecular weight excluding hydrogens is 282 g/mol. The van der Waals surface area contributed by atoms with Crippen LogP contribution in [0.5, 0.6) is 0 Å². The van der Waals surface area contributed by atoms with Gasteiger partial charge in [-0.25, -0.2) is 13.6 Å². The maximum absolute atomic E-state index is 13.0. The van der Waals surface area contributed by atoms with Gasteiger partial charge in [0, 0.05) is 25.7 Å². The van der Waals surface area contributed by atoms with Crippen molar-refractivity contribution in [2.45, 2.75) is 12.8 Å². The van der Waals surface area contributed by atoms with E-state index in [1.165, 1.54) is 17.0 Å². The molecule has 0 radical (unpaired) electrons. The van der Waals surface area contributed by atoms with Gasteiger partial charge >= 0.3 is 12.0 Å². The van der Waals surface area contributed by atoms with Crippen LogP contribution in [-0.4, -0.2) is 41.6 Å². The fraction of sp³-hybridized carbons (Fsp3) is 0.429. The first-order valence-electron chi connectivity index (χ1n) is 6.66. The number of likely N-dealkylation sites (tertiary alicyclic amines) is 1. The number of carboxylic acid groups (broad SMARTS) is 1. The maximum atomic E-state index is 13.0. The molecule has 1 fully saturated rings. The van der Waals surface area contributed by atoms with Crippen molar-refractivity contribution < 1.29 is 23.5 Å². The predicted octanol–water partition coefficient (Wildman–Crippen LogP) is 1.62. The minimum absolute atomic E-state index is 0.190. The lowest BCUT2D eigenvalue weighted by molar-refractivity contribution is -0.141. The molecule has 0 spiro atoms. The Morgan fingerprint density at radius 3 is 2.52 bits per heavy atom. The average molecular weight is 298 g/mol. The van der Waals surface area contributed by atoms with Gasteiger partial charge in [-0.1, -0.05) is 0 Å². The number of nitrogens with zero attached hydrogens (tertiary/aromatic N) is 1. The van der Waals surface area contributed by atoms with Gasteiger partial charge in [-0.15, -0.1) is 0 Å². The lowest BCUT2D eigenvalue weighted by Crippen LogP contribution is -2.39. The first-order chi connectivity index (χ1) is 9.95. The molecule has 1 atom stereocenters. The summed E-state index contributed by atoms with van der Waals surface area (Å²) < 4.78 is 26.0. The minimum Gasteiger partial charge on any atom is -0.481 e. The van der Waals surface area contributed by atoms with Crippen molar-refractivity contribution in [1.29, 1.82) is 0 Å². The molecule has 0 aliphatic carbocycles. The standard InChI is InChI=1S/C14H16F2N2O3/c15-11-5-9(6-12(16)7-11)1-3-17-14(21)18-4-2-10(8-18)13(19)20/h5-7,10H,1-4,8H2,(H,17,21)(H,19,20). The van der Waals surface area contributed by atoms with Crippen molar-refractivity contribution in [2.75, 3.05) is 19.6 Å². The molecule has 0 saturated carbocycles. The Balaban J connectivity index is 1.78. The Labute approximate surface area is 120 Å². The highest BCUT2D eigenvalue weighted by Crippen LogP contribution is 2.16. The van der Waals surface area contributed by atoms with E-state index < -0.39 is 23.5 Å². The Morgan fingerprint density at radius 2 is 1.95 bits per heavy atom. The van der Waals surface area contributed by atoms with Gasteiger partial charge in [-0.2, -0.15) is 0 Å². The van der Waals surface area contributed by atoms with E-state index in [9.17, 15) is 18.4 Å². The van der Waals surface area contributed by atoms with Crippen LogP contribution in [0.15, 0.2) is 18.2 Å².